The summed E-state index contributed by atoms with van der Waals surface area (Å²) in [5.41, 5.74) is 6.31. The minimum absolute atomic E-state index is 0.0336. The Morgan fingerprint density at radius 2 is 2.10 bits per heavy atom. The number of H-pyrrole nitrogens is 1. The van der Waals surface area contributed by atoms with Gasteiger partial charge in [0.2, 0.25) is 0 Å². The Bertz CT molecular complexity index is 922. The van der Waals surface area contributed by atoms with Gasteiger partial charge in [-0.15, -0.1) is 0 Å². The lowest BCUT2D eigenvalue weighted by Gasteiger charge is -2.10. The Hall–Kier alpha value is -2.32. The average molecular weight is 324 g/mol. The van der Waals surface area contributed by atoms with Crippen LogP contribution in [0.2, 0.25) is 5.02 Å². The van der Waals surface area contributed by atoms with Crippen LogP contribution < -0.4 is 10.5 Å². The van der Waals surface area contributed by atoms with Crippen molar-refractivity contribution in [2.45, 2.75) is 4.90 Å². The number of nitrogens with one attached hydrogen (secondary N) is 2. The Kier molecular flexibility index (Phi) is 3.19. The zero-order valence-electron chi connectivity index (χ0n) is 10.5. The molecule has 0 aliphatic rings. The van der Waals surface area contributed by atoms with Crippen molar-refractivity contribution >= 4 is 44.0 Å². The van der Waals surface area contributed by atoms with Crippen LogP contribution in [0.1, 0.15) is 0 Å². The van der Waals surface area contributed by atoms with E-state index in [0.29, 0.717) is 21.6 Å². The molecule has 0 atom stereocenters. The second kappa shape index (κ2) is 4.90. The normalized spacial score (nSPS) is 11.7. The van der Waals surface area contributed by atoms with E-state index in [2.05, 4.69) is 19.9 Å². The highest BCUT2D eigenvalue weighted by Gasteiger charge is 2.20. The maximum atomic E-state index is 12.3. The summed E-state index contributed by atoms with van der Waals surface area (Å²) >= 11 is 6.07. The van der Waals surface area contributed by atoms with Gasteiger partial charge in [0.15, 0.2) is 0 Å². The lowest BCUT2D eigenvalue weighted by molar-refractivity contribution is 0.601. The molecule has 0 radical (unpaired) electrons. The quantitative estimate of drug-likeness (QED) is 0.682. The number of hydrogen-bond donors (Lipinski definition) is 3. The standard InChI is InChI=1S/C12H10ClN5O2S/c13-8-3-4-9(11-7(8)2-1-5-15-11)18-21(19,20)10-6-16-17-12(10)14/h1-6,18H,(H3,14,16,17). The number of aromatic nitrogens is 3. The van der Waals surface area contributed by atoms with Gasteiger partial charge in [-0.2, -0.15) is 5.10 Å². The van der Waals surface area contributed by atoms with Gasteiger partial charge in [0.1, 0.15) is 10.7 Å². The fraction of sp³-hybridized carbons (Fsp3) is 0. The molecule has 0 bridgehead atoms. The van der Waals surface area contributed by atoms with Gasteiger partial charge in [0, 0.05) is 11.6 Å². The number of fused-ring (bicyclic) bond motifs is 1. The first-order valence-electron chi connectivity index (χ1n) is 5.84. The number of hydrogen-bond acceptors (Lipinski definition) is 5. The molecule has 0 saturated carbocycles. The van der Waals surface area contributed by atoms with Crippen molar-refractivity contribution in [3.05, 3.63) is 41.7 Å². The van der Waals surface area contributed by atoms with Gasteiger partial charge in [-0.3, -0.25) is 14.8 Å². The minimum Gasteiger partial charge on any atom is -0.383 e. The number of benzene rings is 1. The maximum Gasteiger partial charge on any atom is 0.267 e. The molecule has 3 aromatic rings. The lowest BCUT2D eigenvalue weighted by Crippen LogP contribution is -2.14. The third-order valence-corrected chi connectivity index (χ3v) is 4.61. The first kappa shape index (κ1) is 13.7. The van der Waals surface area contributed by atoms with Gasteiger partial charge >= 0.3 is 0 Å². The molecule has 0 aliphatic carbocycles. The highest BCUT2D eigenvalue weighted by molar-refractivity contribution is 7.92. The number of nitrogens with zero attached hydrogens (tertiary/aromatic N) is 2. The van der Waals surface area contributed by atoms with E-state index in [1.165, 1.54) is 0 Å². The topological polar surface area (TPSA) is 114 Å². The van der Waals surface area contributed by atoms with E-state index in [-0.39, 0.29) is 10.7 Å². The summed E-state index contributed by atoms with van der Waals surface area (Å²) in [5, 5.41) is 7.12. The molecule has 9 heteroatoms. The van der Waals surface area contributed by atoms with Crippen LogP contribution in [0.5, 0.6) is 0 Å². The van der Waals surface area contributed by atoms with E-state index in [1.54, 1.807) is 30.5 Å². The first-order valence-corrected chi connectivity index (χ1v) is 7.70. The zero-order chi connectivity index (χ0) is 15.0. The molecule has 108 valence electrons. The summed E-state index contributed by atoms with van der Waals surface area (Å²) in [7, 11) is -3.86. The van der Waals surface area contributed by atoms with Crippen LogP contribution >= 0.6 is 11.6 Å². The third kappa shape index (κ3) is 2.39. The summed E-state index contributed by atoms with van der Waals surface area (Å²) in [4.78, 5) is 4.04. The Balaban J connectivity index is 2.11. The fourth-order valence-electron chi connectivity index (χ4n) is 1.92. The minimum atomic E-state index is -3.86. The molecule has 1 aromatic carbocycles. The van der Waals surface area contributed by atoms with Crippen molar-refractivity contribution in [3.8, 4) is 0 Å². The molecule has 0 fully saturated rings. The van der Waals surface area contributed by atoms with E-state index in [9.17, 15) is 8.42 Å². The first-order chi connectivity index (χ1) is 9.99. The van der Waals surface area contributed by atoms with Crippen molar-refractivity contribution in [2.75, 3.05) is 10.5 Å². The summed E-state index contributed by atoms with van der Waals surface area (Å²) in [6.07, 6.45) is 2.70. The lowest BCUT2D eigenvalue weighted by atomic mass is 10.2. The molecule has 0 unspecified atom stereocenters. The van der Waals surface area contributed by atoms with Gasteiger partial charge in [0.25, 0.3) is 10.0 Å². The van der Waals surface area contributed by atoms with Crippen LogP contribution in [-0.4, -0.2) is 23.6 Å². The molecule has 21 heavy (non-hydrogen) atoms. The number of sulfonamides is 1. The van der Waals surface area contributed by atoms with Crippen molar-refractivity contribution in [2.24, 2.45) is 0 Å². The molecular weight excluding hydrogens is 314 g/mol. The van der Waals surface area contributed by atoms with Crippen molar-refractivity contribution in [3.63, 3.8) is 0 Å². The monoisotopic (exact) mass is 323 g/mol. The van der Waals surface area contributed by atoms with E-state index in [0.717, 1.165) is 6.20 Å². The summed E-state index contributed by atoms with van der Waals surface area (Å²) in [6.45, 7) is 0. The van der Waals surface area contributed by atoms with Crippen LogP contribution in [0.4, 0.5) is 11.5 Å². The Morgan fingerprint density at radius 3 is 2.81 bits per heavy atom. The van der Waals surface area contributed by atoms with E-state index < -0.39 is 10.0 Å². The van der Waals surface area contributed by atoms with Gasteiger partial charge < -0.3 is 5.73 Å². The molecular formula is C12H10ClN5O2S. The van der Waals surface area contributed by atoms with Crippen LogP contribution in [0.15, 0.2) is 41.6 Å². The van der Waals surface area contributed by atoms with Crippen LogP contribution in [-0.2, 0) is 10.0 Å². The smallest absolute Gasteiger partial charge is 0.267 e. The molecule has 0 spiro atoms. The van der Waals surface area contributed by atoms with Gasteiger partial charge in [-0.1, -0.05) is 11.6 Å². The predicted octanol–water partition coefficient (Wildman–Crippen LogP) is 1.99. The van der Waals surface area contributed by atoms with Gasteiger partial charge in [-0.25, -0.2) is 8.42 Å². The number of nitrogens with two attached hydrogens (primary N) is 1. The van der Waals surface area contributed by atoms with E-state index in [1.807, 2.05) is 0 Å². The zero-order valence-corrected chi connectivity index (χ0v) is 12.1. The second-order valence-electron chi connectivity index (χ2n) is 4.25. The average Bonchev–Trinajstić information content (AvgIpc) is 2.89. The van der Waals surface area contributed by atoms with E-state index >= 15 is 0 Å². The maximum absolute atomic E-state index is 12.3. The van der Waals surface area contributed by atoms with Crippen molar-refractivity contribution < 1.29 is 8.42 Å². The molecule has 0 amide bonds. The highest BCUT2D eigenvalue weighted by atomic mass is 35.5. The Morgan fingerprint density at radius 1 is 1.29 bits per heavy atom. The van der Waals surface area contributed by atoms with Crippen LogP contribution in [0.3, 0.4) is 0 Å². The largest absolute Gasteiger partial charge is 0.383 e. The highest BCUT2D eigenvalue weighted by Crippen LogP contribution is 2.29. The molecule has 0 saturated heterocycles. The number of nitrogen functional groups attached to an aromatic ring is 1. The molecule has 7 nitrogen and oxygen atoms in total. The summed E-state index contributed by atoms with van der Waals surface area (Å²) in [5.74, 6) is -0.0336. The van der Waals surface area contributed by atoms with Crippen molar-refractivity contribution in [1.82, 2.24) is 15.2 Å². The second-order valence-corrected chi connectivity index (χ2v) is 6.31. The van der Waals surface area contributed by atoms with E-state index in [4.69, 9.17) is 17.3 Å². The molecule has 3 rings (SSSR count). The summed E-state index contributed by atoms with van der Waals surface area (Å²) < 4.78 is 27.0. The summed E-state index contributed by atoms with van der Waals surface area (Å²) in [6, 6.07) is 6.63. The fourth-order valence-corrected chi connectivity index (χ4v) is 3.23. The van der Waals surface area contributed by atoms with Gasteiger partial charge in [0.05, 0.1) is 22.4 Å². The number of halogens is 1. The van der Waals surface area contributed by atoms with Gasteiger partial charge in [-0.05, 0) is 24.3 Å². The Labute approximate surface area is 125 Å². The van der Waals surface area contributed by atoms with Crippen LogP contribution in [0, 0.1) is 0 Å². The van der Waals surface area contributed by atoms with Crippen molar-refractivity contribution in [1.29, 1.82) is 0 Å². The number of aromatic amines is 1. The molecule has 4 N–H and O–H groups in total. The number of rotatable bonds is 3. The predicted molar refractivity (Wildman–Crippen MR) is 80.6 cm³/mol. The SMILES string of the molecule is Nc1[nH]ncc1S(=O)(=O)Nc1ccc(Cl)c2cccnc12. The molecule has 2 heterocycles. The number of pyridine rings is 1. The van der Waals surface area contributed by atoms with Crippen LogP contribution in [0.25, 0.3) is 10.9 Å². The molecule has 2 aromatic heterocycles. The number of anilines is 2. The third-order valence-electron chi connectivity index (χ3n) is 2.88. The molecule has 0 aliphatic heterocycles.